The summed E-state index contributed by atoms with van der Waals surface area (Å²) in [6, 6.07) is 1.87. The van der Waals surface area contributed by atoms with Crippen LogP contribution in [0.1, 0.15) is 38.3 Å². The van der Waals surface area contributed by atoms with E-state index in [0.717, 1.165) is 30.8 Å². The van der Waals surface area contributed by atoms with E-state index in [2.05, 4.69) is 17.3 Å². The Kier molecular flexibility index (Phi) is 5.85. The van der Waals surface area contributed by atoms with E-state index in [-0.39, 0.29) is 5.91 Å². The van der Waals surface area contributed by atoms with Crippen molar-refractivity contribution in [1.29, 1.82) is 0 Å². The van der Waals surface area contributed by atoms with Crippen LogP contribution >= 0.6 is 0 Å². The van der Waals surface area contributed by atoms with Gasteiger partial charge in [-0.2, -0.15) is 5.10 Å². The first-order valence-electron chi connectivity index (χ1n) is 6.57. The Morgan fingerprint density at radius 2 is 2.28 bits per heavy atom. The number of hydrogen-bond acceptors (Lipinski definition) is 3. The molecule has 0 aliphatic rings. The maximum atomic E-state index is 11.8. The van der Waals surface area contributed by atoms with Gasteiger partial charge in [-0.1, -0.05) is 13.3 Å². The summed E-state index contributed by atoms with van der Waals surface area (Å²) in [5, 5.41) is 7.07. The lowest BCUT2D eigenvalue weighted by molar-refractivity contribution is -0.116. The van der Waals surface area contributed by atoms with Crippen LogP contribution in [-0.4, -0.2) is 22.2 Å². The quantitative estimate of drug-likeness (QED) is 0.777. The second kappa shape index (κ2) is 7.16. The van der Waals surface area contributed by atoms with Crippen LogP contribution in [-0.2, 0) is 11.8 Å². The molecule has 0 aliphatic heterocycles. The van der Waals surface area contributed by atoms with Crippen molar-refractivity contribution in [3.05, 3.63) is 11.8 Å². The SMILES string of the molecule is CCC(CCN)CCC(=O)Nc1cc(C)nn1C. The van der Waals surface area contributed by atoms with Gasteiger partial charge in [-0.15, -0.1) is 0 Å². The topological polar surface area (TPSA) is 72.9 Å². The average molecular weight is 252 g/mol. The van der Waals surface area contributed by atoms with E-state index in [9.17, 15) is 4.79 Å². The standard InChI is InChI=1S/C13H24N4O/c1-4-11(7-8-14)5-6-13(18)15-12-9-10(2)16-17(12)3/h9,11H,4-8,14H2,1-3H3,(H,15,18). The molecule has 18 heavy (non-hydrogen) atoms. The Labute approximate surface area is 109 Å². The molecule has 1 amide bonds. The molecule has 102 valence electrons. The van der Waals surface area contributed by atoms with Crippen LogP contribution in [0.5, 0.6) is 0 Å². The molecule has 0 saturated heterocycles. The minimum atomic E-state index is 0.0495. The van der Waals surface area contributed by atoms with E-state index in [1.165, 1.54) is 0 Å². The van der Waals surface area contributed by atoms with E-state index in [4.69, 9.17) is 5.73 Å². The Hall–Kier alpha value is -1.36. The summed E-state index contributed by atoms with van der Waals surface area (Å²) in [5.41, 5.74) is 6.45. The molecule has 0 saturated carbocycles. The summed E-state index contributed by atoms with van der Waals surface area (Å²) in [7, 11) is 1.83. The Balaban J connectivity index is 2.40. The van der Waals surface area contributed by atoms with Crippen LogP contribution in [0, 0.1) is 12.8 Å². The van der Waals surface area contributed by atoms with Gasteiger partial charge in [0.05, 0.1) is 5.69 Å². The van der Waals surface area contributed by atoms with Crippen LogP contribution in [0.2, 0.25) is 0 Å². The van der Waals surface area contributed by atoms with Gasteiger partial charge in [-0.3, -0.25) is 9.48 Å². The number of carbonyl (C=O) groups excluding carboxylic acids is 1. The summed E-state index contributed by atoms with van der Waals surface area (Å²) in [6.45, 7) is 4.74. The lowest BCUT2D eigenvalue weighted by Gasteiger charge is -2.13. The second-order valence-electron chi connectivity index (χ2n) is 4.73. The highest BCUT2D eigenvalue weighted by Crippen LogP contribution is 2.15. The summed E-state index contributed by atoms with van der Waals surface area (Å²) in [6.07, 6.45) is 3.52. The summed E-state index contributed by atoms with van der Waals surface area (Å²) >= 11 is 0. The van der Waals surface area contributed by atoms with Crippen molar-refractivity contribution >= 4 is 11.7 Å². The molecule has 0 bridgehead atoms. The Morgan fingerprint density at radius 3 is 2.78 bits per heavy atom. The highest BCUT2D eigenvalue weighted by atomic mass is 16.1. The molecule has 1 rings (SSSR count). The minimum Gasteiger partial charge on any atom is -0.330 e. The van der Waals surface area contributed by atoms with Crippen LogP contribution in [0.4, 0.5) is 5.82 Å². The Bertz CT molecular complexity index is 386. The molecule has 5 heteroatoms. The fourth-order valence-electron chi connectivity index (χ4n) is 2.06. The van der Waals surface area contributed by atoms with Gasteiger partial charge in [-0.05, 0) is 32.2 Å². The smallest absolute Gasteiger partial charge is 0.225 e. The van der Waals surface area contributed by atoms with Crippen LogP contribution in [0.25, 0.3) is 0 Å². The molecule has 1 aromatic rings. The third-order valence-electron chi connectivity index (χ3n) is 3.20. The van der Waals surface area contributed by atoms with Gasteiger partial charge in [0.25, 0.3) is 0 Å². The number of amides is 1. The summed E-state index contributed by atoms with van der Waals surface area (Å²) in [5.74, 6) is 1.35. The molecule has 0 aromatic carbocycles. The molecule has 0 radical (unpaired) electrons. The zero-order valence-electron chi connectivity index (χ0n) is 11.6. The van der Waals surface area contributed by atoms with E-state index >= 15 is 0 Å². The van der Waals surface area contributed by atoms with Gasteiger partial charge in [-0.25, -0.2) is 0 Å². The number of nitrogens with zero attached hydrogens (tertiary/aromatic N) is 2. The molecule has 3 N–H and O–H groups in total. The van der Waals surface area contributed by atoms with Gasteiger partial charge in [0.15, 0.2) is 0 Å². The van der Waals surface area contributed by atoms with Crippen molar-refractivity contribution in [1.82, 2.24) is 9.78 Å². The predicted molar refractivity (Wildman–Crippen MR) is 73.3 cm³/mol. The van der Waals surface area contributed by atoms with Crippen molar-refractivity contribution in [2.45, 2.75) is 39.5 Å². The number of aryl methyl sites for hydroxylation is 2. The molecular formula is C13H24N4O. The van der Waals surface area contributed by atoms with Crippen molar-refractivity contribution < 1.29 is 4.79 Å². The third-order valence-corrected chi connectivity index (χ3v) is 3.20. The van der Waals surface area contributed by atoms with E-state index in [1.54, 1.807) is 4.68 Å². The number of hydrogen-bond donors (Lipinski definition) is 2. The second-order valence-corrected chi connectivity index (χ2v) is 4.73. The summed E-state index contributed by atoms with van der Waals surface area (Å²) < 4.78 is 1.68. The fourth-order valence-corrected chi connectivity index (χ4v) is 2.06. The molecular weight excluding hydrogens is 228 g/mol. The molecule has 1 atom stereocenters. The number of aromatic nitrogens is 2. The van der Waals surface area contributed by atoms with Gasteiger partial charge >= 0.3 is 0 Å². The van der Waals surface area contributed by atoms with Crippen molar-refractivity contribution in [3.63, 3.8) is 0 Å². The highest BCUT2D eigenvalue weighted by molar-refractivity contribution is 5.89. The predicted octanol–water partition coefficient (Wildman–Crippen LogP) is 1.82. The van der Waals surface area contributed by atoms with Crippen LogP contribution in [0.3, 0.4) is 0 Å². The molecule has 0 aliphatic carbocycles. The number of nitrogens with one attached hydrogen (secondary N) is 1. The van der Waals surface area contributed by atoms with Crippen molar-refractivity contribution in [2.24, 2.45) is 18.7 Å². The number of anilines is 1. The minimum absolute atomic E-state index is 0.0495. The van der Waals surface area contributed by atoms with Crippen molar-refractivity contribution in [2.75, 3.05) is 11.9 Å². The largest absolute Gasteiger partial charge is 0.330 e. The van der Waals surface area contributed by atoms with E-state index in [0.29, 0.717) is 18.9 Å². The normalized spacial score (nSPS) is 12.4. The lowest BCUT2D eigenvalue weighted by Crippen LogP contribution is -2.16. The number of rotatable bonds is 7. The molecule has 5 nitrogen and oxygen atoms in total. The van der Waals surface area contributed by atoms with E-state index < -0.39 is 0 Å². The lowest BCUT2D eigenvalue weighted by atomic mass is 9.96. The zero-order valence-corrected chi connectivity index (χ0v) is 11.6. The van der Waals surface area contributed by atoms with Crippen molar-refractivity contribution in [3.8, 4) is 0 Å². The third kappa shape index (κ3) is 4.49. The van der Waals surface area contributed by atoms with Gasteiger partial charge in [0, 0.05) is 19.5 Å². The molecule has 0 spiro atoms. The first-order chi connectivity index (χ1) is 8.56. The molecule has 1 heterocycles. The number of nitrogens with two attached hydrogens (primary N) is 1. The zero-order chi connectivity index (χ0) is 13.5. The average Bonchev–Trinajstić information content (AvgIpc) is 2.63. The van der Waals surface area contributed by atoms with E-state index in [1.807, 2.05) is 20.0 Å². The maximum absolute atomic E-state index is 11.8. The highest BCUT2D eigenvalue weighted by Gasteiger charge is 2.10. The fraction of sp³-hybridized carbons (Fsp3) is 0.692. The summed E-state index contributed by atoms with van der Waals surface area (Å²) in [4.78, 5) is 11.8. The van der Waals surface area contributed by atoms with Crippen LogP contribution in [0.15, 0.2) is 6.07 Å². The van der Waals surface area contributed by atoms with Crippen LogP contribution < -0.4 is 11.1 Å². The van der Waals surface area contributed by atoms with Gasteiger partial charge < -0.3 is 11.1 Å². The van der Waals surface area contributed by atoms with Gasteiger partial charge in [0.2, 0.25) is 5.91 Å². The molecule has 0 fully saturated rings. The first-order valence-corrected chi connectivity index (χ1v) is 6.57. The van der Waals surface area contributed by atoms with Gasteiger partial charge in [0.1, 0.15) is 5.82 Å². The molecule has 1 unspecified atom stereocenters. The Morgan fingerprint density at radius 1 is 1.56 bits per heavy atom. The first kappa shape index (κ1) is 14.7. The maximum Gasteiger partial charge on any atom is 0.225 e. The molecule has 1 aromatic heterocycles. The monoisotopic (exact) mass is 252 g/mol. The number of carbonyl (C=O) groups is 1.